The lowest BCUT2D eigenvalue weighted by Gasteiger charge is -2.11. The van der Waals surface area contributed by atoms with Crippen molar-refractivity contribution in [2.45, 2.75) is 25.6 Å². The summed E-state index contributed by atoms with van der Waals surface area (Å²) in [4.78, 5) is 12.1. The van der Waals surface area contributed by atoms with E-state index < -0.39 is 18.5 Å². The first-order valence-electron chi connectivity index (χ1n) is 6.62. The first kappa shape index (κ1) is 19.1. The predicted octanol–water partition coefficient (Wildman–Crippen LogP) is 3.91. The van der Waals surface area contributed by atoms with Crippen LogP contribution in [0, 0.1) is 0 Å². The van der Waals surface area contributed by atoms with Crippen molar-refractivity contribution in [2.24, 2.45) is 5.73 Å². The highest BCUT2D eigenvalue weighted by atomic mass is 35.5. The lowest BCUT2D eigenvalue weighted by molar-refractivity contribution is -0.133. The molecule has 0 aliphatic rings. The number of hydrogen-bond donors (Lipinski definition) is 2. The first-order valence-corrected chi connectivity index (χ1v) is 6.62. The zero-order valence-electron chi connectivity index (χ0n) is 12.0. The number of carbonyl (C=O) groups is 1. The third-order valence-electron chi connectivity index (χ3n) is 3.06. The van der Waals surface area contributed by atoms with Gasteiger partial charge >= 0.3 is 6.18 Å². The number of hydrogen-bond acceptors (Lipinski definition) is 3. The number of carbonyl (C=O) groups excluding carboxylic acids is 1. The number of furan rings is 1. The third kappa shape index (κ3) is 5.61. The van der Waals surface area contributed by atoms with Crippen LogP contribution in [0.1, 0.15) is 28.1 Å². The maximum Gasteiger partial charge on any atom is 0.389 e. The number of amides is 1. The number of anilines is 1. The molecule has 0 atom stereocenters. The zero-order chi connectivity index (χ0) is 16.2. The van der Waals surface area contributed by atoms with Crippen LogP contribution in [0.15, 0.2) is 41.0 Å². The maximum absolute atomic E-state index is 12.3. The van der Waals surface area contributed by atoms with Crippen LogP contribution in [0.3, 0.4) is 0 Å². The fraction of sp³-hybridized carbons (Fsp3) is 0.267. The van der Waals surface area contributed by atoms with Gasteiger partial charge in [-0.25, -0.2) is 0 Å². The van der Waals surface area contributed by atoms with Crippen LogP contribution in [0.25, 0.3) is 0 Å². The average molecular weight is 349 g/mol. The number of halogens is 4. The molecule has 0 saturated heterocycles. The molecular weight excluding hydrogens is 333 g/mol. The molecule has 0 unspecified atom stereocenters. The number of benzene rings is 1. The molecule has 1 aromatic heterocycles. The summed E-state index contributed by atoms with van der Waals surface area (Å²) in [7, 11) is 0. The quantitative estimate of drug-likeness (QED) is 0.860. The Morgan fingerprint density at radius 1 is 1.26 bits per heavy atom. The number of para-hydroxylation sites is 1. The van der Waals surface area contributed by atoms with Crippen LogP contribution >= 0.6 is 12.4 Å². The summed E-state index contributed by atoms with van der Waals surface area (Å²) in [6.45, 7) is 0.162. The van der Waals surface area contributed by atoms with Crippen molar-refractivity contribution in [3.63, 3.8) is 0 Å². The average Bonchev–Trinajstić information content (AvgIpc) is 2.94. The molecule has 4 nitrogen and oxygen atoms in total. The third-order valence-corrected chi connectivity index (χ3v) is 3.06. The zero-order valence-corrected chi connectivity index (χ0v) is 12.8. The second-order valence-electron chi connectivity index (χ2n) is 4.73. The van der Waals surface area contributed by atoms with Gasteiger partial charge in [-0.05, 0) is 24.1 Å². The van der Waals surface area contributed by atoms with E-state index in [2.05, 4.69) is 5.32 Å². The Balaban J connectivity index is 0.00000264. The van der Waals surface area contributed by atoms with Gasteiger partial charge in [-0.3, -0.25) is 4.79 Å². The Bertz CT molecular complexity index is 656. The molecule has 0 aliphatic carbocycles. The molecule has 23 heavy (non-hydrogen) atoms. The Kier molecular flexibility index (Phi) is 6.65. The second kappa shape index (κ2) is 8.03. The molecular formula is C15H16ClF3N2O2. The summed E-state index contributed by atoms with van der Waals surface area (Å²) in [6, 6.07) is 7.89. The number of aryl methyl sites for hydroxylation is 1. The summed E-state index contributed by atoms with van der Waals surface area (Å²) in [5.74, 6) is -0.00147. The summed E-state index contributed by atoms with van der Waals surface area (Å²) < 4.78 is 42.1. The highest BCUT2D eigenvalue weighted by molar-refractivity contribution is 6.04. The van der Waals surface area contributed by atoms with Crippen LogP contribution in [-0.2, 0) is 13.0 Å². The van der Waals surface area contributed by atoms with Gasteiger partial charge in [-0.2, -0.15) is 13.2 Å². The lowest BCUT2D eigenvalue weighted by atomic mass is 10.1. The van der Waals surface area contributed by atoms with Crippen LogP contribution in [0.5, 0.6) is 0 Å². The molecule has 3 N–H and O–H groups in total. The van der Waals surface area contributed by atoms with Crippen LogP contribution in [0.2, 0.25) is 0 Å². The monoisotopic (exact) mass is 348 g/mol. The minimum absolute atomic E-state index is 0. The topological polar surface area (TPSA) is 68.3 Å². The molecule has 0 fully saturated rings. The van der Waals surface area contributed by atoms with Gasteiger partial charge < -0.3 is 15.5 Å². The first-order chi connectivity index (χ1) is 10.4. The van der Waals surface area contributed by atoms with E-state index in [1.54, 1.807) is 24.3 Å². The van der Waals surface area contributed by atoms with Gasteiger partial charge in [0.2, 0.25) is 0 Å². The SMILES string of the molecule is Cl.NCc1cc(C(=O)Nc2ccccc2CCC(F)(F)F)co1. The summed E-state index contributed by atoms with van der Waals surface area (Å²) in [5, 5.41) is 2.59. The van der Waals surface area contributed by atoms with Gasteiger partial charge in [0.1, 0.15) is 12.0 Å². The highest BCUT2D eigenvalue weighted by Gasteiger charge is 2.27. The van der Waals surface area contributed by atoms with Crippen molar-refractivity contribution < 1.29 is 22.4 Å². The van der Waals surface area contributed by atoms with E-state index in [0.717, 1.165) is 0 Å². The minimum Gasteiger partial charge on any atom is -0.467 e. The molecule has 0 aliphatic heterocycles. The Morgan fingerprint density at radius 2 is 1.96 bits per heavy atom. The molecule has 2 aromatic rings. The van der Waals surface area contributed by atoms with Crippen LogP contribution < -0.4 is 11.1 Å². The normalized spacial score (nSPS) is 11.0. The van der Waals surface area contributed by atoms with E-state index in [9.17, 15) is 18.0 Å². The standard InChI is InChI=1S/C15H15F3N2O2.ClH/c16-15(17,18)6-5-10-3-1-2-4-13(10)20-14(21)11-7-12(8-19)22-9-11;/h1-4,7,9H,5-6,8,19H2,(H,20,21);1H. The van der Waals surface area contributed by atoms with Crippen molar-refractivity contribution in [3.8, 4) is 0 Å². The summed E-state index contributed by atoms with van der Waals surface area (Å²) >= 11 is 0. The van der Waals surface area contributed by atoms with Crippen molar-refractivity contribution in [1.82, 2.24) is 0 Å². The fourth-order valence-electron chi connectivity index (χ4n) is 1.94. The molecule has 0 saturated carbocycles. The number of nitrogens with one attached hydrogen (secondary N) is 1. The van der Waals surface area contributed by atoms with Gasteiger partial charge in [-0.1, -0.05) is 18.2 Å². The van der Waals surface area contributed by atoms with Gasteiger partial charge in [0.05, 0.1) is 12.1 Å². The van der Waals surface area contributed by atoms with Gasteiger partial charge in [0.15, 0.2) is 0 Å². The molecule has 8 heteroatoms. The Morgan fingerprint density at radius 3 is 2.57 bits per heavy atom. The highest BCUT2D eigenvalue weighted by Crippen LogP contribution is 2.25. The number of nitrogens with two attached hydrogens (primary N) is 1. The van der Waals surface area contributed by atoms with Gasteiger partial charge in [0, 0.05) is 12.1 Å². The Labute approximate surface area is 137 Å². The fourth-order valence-corrected chi connectivity index (χ4v) is 1.94. The maximum atomic E-state index is 12.3. The van der Waals surface area contributed by atoms with E-state index in [4.69, 9.17) is 10.2 Å². The van der Waals surface area contributed by atoms with E-state index in [1.165, 1.54) is 12.3 Å². The Hall–Kier alpha value is -1.99. The van der Waals surface area contributed by atoms with E-state index in [-0.39, 0.29) is 30.9 Å². The van der Waals surface area contributed by atoms with E-state index in [0.29, 0.717) is 17.0 Å². The molecule has 2 rings (SSSR count). The molecule has 126 valence electrons. The van der Waals surface area contributed by atoms with Crippen molar-refractivity contribution in [1.29, 1.82) is 0 Å². The second-order valence-corrected chi connectivity index (χ2v) is 4.73. The molecule has 1 amide bonds. The minimum atomic E-state index is -4.24. The van der Waals surface area contributed by atoms with E-state index >= 15 is 0 Å². The predicted molar refractivity (Wildman–Crippen MR) is 82.6 cm³/mol. The summed E-state index contributed by atoms with van der Waals surface area (Å²) in [5.41, 5.74) is 6.44. The lowest BCUT2D eigenvalue weighted by Crippen LogP contribution is -2.14. The molecule has 0 spiro atoms. The number of rotatable bonds is 5. The van der Waals surface area contributed by atoms with Crippen molar-refractivity contribution >= 4 is 24.0 Å². The summed E-state index contributed by atoms with van der Waals surface area (Å²) in [6.07, 6.45) is -4.12. The van der Waals surface area contributed by atoms with Gasteiger partial charge in [0.25, 0.3) is 5.91 Å². The molecule has 1 aromatic carbocycles. The molecule has 0 bridgehead atoms. The smallest absolute Gasteiger partial charge is 0.389 e. The van der Waals surface area contributed by atoms with Gasteiger partial charge in [-0.15, -0.1) is 12.4 Å². The molecule has 0 radical (unpaired) electrons. The van der Waals surface area contributed by atoms with Crippen molar-refractivity contribution in [2.75, 3.05) is 5.32 Å². The molecule has 1 heterocycles. The van der Waals surface area contributed by atoms with Crippen molar-refractivity contribution in [3.05, 3.63) is 53.5 Å². The van der Waals surface area contributed by atoms with Crippen LogP contribution in [-0.4, -0.2) is 12.1 Å². The number of alkyl halides is 3. The van der Waals surface area contributed by atoms with E-state index in [1.807, 2.05) is 0 Å². The largest absolute Gasteiger partial charge is 0.467 e. The van der Waals surface area contributed by atoms with Crippen LogP contribution in [0.4, 0.5) is 18.9 Å².